The minimum Gasteiger partial charge on any atom is -0.376 e. The Labute approximate surface area is 145 Å². The van der Waals surface area contributed by atoms with Crippen LogP contribution in [0.5, 0.6) is 0 Å². The summed E-state index contributed by atoms with van der Waals surface area (Å²) in [4.78, 5) is 34.4. The number of rotatable bonds is 6. The van der Waals surface area contributed by atoms with E-state index in [-0.39, 0.29) is 24.3 Å². The predicted molar refractivity (Wildman–Crippen MR) is 97.7 cm³/mol. The number of benzene rings is 2. The Morgan fingerprint density at radius 1 is 0.800 bits per heavy atom. The molecule has 2 aromatic rings. The van der Waals surface area contributed by atoms with E-state index in [1.165, 1.54) is 6.92 Å². The zero-order valence-corrected chi connectivity index (χ0v) is 14.1. The molecular formula is C18H20N4O3. The van der Waals surface area contributed by atoms with Crippen LogP contribution >= 0.6 is 0 Å². The van der Waals surface area contributed by atoms with Crippen LogP contribution in [0.1, 0.15) is 17.3 Å². The van der Waals surface area contributed by atoms with Gasteiger partial charge in [0.25, 0.3) is 5.91 Å². The van der Waals surface area contributed by atoms with Gasteiger partial charge in [-0.2, -0.15) is 0 Å². The molecule has 7 heteroatoms. The van der Waals surface area contributed by atoms with Crippen LogP contribution in [0.15, 0.2) is 48.5 Å². The number of hydrogen-bond donors (Lipinski definition) is 4. The molecule has 2 aromatic carbocycles. The van der Waals surface area contributed by atoms with Crippen molar-refractivity contribution in [3.05, 3.63) is 54.1 Å². The van der Waals surface area contributed by atoms with E-state index in [1.807, 2.05) is 0 Å². The largest absolute Gasteiger partial charge is 0.376 e. The van der Waals surface area contributed by atoms with E-state index in [4.69, 9.17) is 0 Å². The van der Waals surface area contributed by atoms with Gasteiger partial charge in [-0.15, -0.1) is 0 Å². The van der Waals surface area contributed by atoms with Crippen LogP contribution in [-0.4, -0.2) is 31.3 Å². The molecule has 7 nitrogen and oxygen atoms in total. The lowest BCUT2D eigenvalue weighted by molar-refractivity contribution is -0.115. The molecule has 0 aliphatic carbocycles. The normalized spacial score (nSPS) is 9.84. The molecule has 0 aliphatic heterocycles. The third-order valence-corrected chi connectivity index (χ3v) is 3.32. The molecule has 25 heavy (non-hydrogen) atoms. The molecule has 3 amide bonds. The lowest BCUT2D eigenvalue weighted by atomic mass is 10.2. The lowest BCUT2D eigenvalue weighted by Gasteiger charge is -2.09. The SMILES string of the molecule is CNC(=O)c1ccc(NC(=O)CNc2ccc(NC(C)=O)cc2)cc1. The highest BCUT2D eigenvalue weighted by molar-refractivity contribution is 5.96. The van der Waals surface area contributed by atoms with Crippen LogP contribution < -0.4 is 21.3 Å². The summed E-state index contributed by atoms with van der Waals surface area (Å²) < 4.78 is 0. The molecule has 4 N–H and O–H groups in total. The average Bonchev–Trinajstić information content (AvgIpc) is 2.60. The van der Waals surface area contributed by atoms with Gasteiger partial charge in [-0.1, -0.05) is 0 Å². The third-order valence-electron chi connectivity index (χ3n) is 3.32. The molecule has 0 radical (unpaired) electrons. The smallest absolute Gasteiger partial charge is 0.251 e. The van der Waals surface area contributed by atoms with Crippen molar-refractivity contribution >= 4 is 34.8 Å². The van der Waals surface area contributed by atoms with Gasteiger partial charge in [-0.05, 0) is 48.5 Å². The molecule has 2 rings (SSSR count). The van der Waals surface area contributed by atoms with Crippen LogP contribution in [0.4, 0.5) is 17.1 Å². The van der Waals surface area contributed by atoms with Gasteiger partial charge in [-0.3, -0.25) is 14.4 Å². The molecule has 0 bridgehead atoms. The first kappa shape index (κ1) is 18.0. The topological polar surface area (TPSA) is 99.3 Å². The highest BCUT2D eigenvalue weighted by Crippen LogP contribution is 2.13. The molecule has 0 saturated carbocycles. The van der Waals surface area contributed by atoms with E-state index in [2.05, 4.69) is 21.3 Å². The van der Waals surface area contributed by atoms with Gasteiger partial charge >= 0.3 is 0 Å². The van der Waals surface area contributed by atoms with Crippen LogP contribution in [-0.2, 0) is 9.59 Å². The van der Waals surface area contributed by atoms with E-state index >= 15 is 0 Å². The lowest BCUT2D eigenvalue weighted by Crippen LogP contribution is -2.22. The number of nitrogens with one attached hydrogen (secondary N) is 4. The van der Waals surface area contributed by atoms with Gasteiger partial charge in [0, 0.05) is 36.6 Å². The van der Waals surface area contributed by atoms with Gasteiger partial charge in [0.05, 0.1) is 6.54 Å². The van der Waals surface area contributed by atoms with Crippen LogP contribution in [0, 0.1) is 0 Å². The summed E-state index contributed by atoms with van der Waals surface area (Å²) in [6, 6.07) is 13.7. The molecule has 0 aliphatic rings. The summed E-state index contributed by atoms with van der Waals surface area (Å²) in [6.07, 6.45) is 0. The third kappa shape index (κ3) is 5.65. The Morgan fingerprint density at radius 3 is 1.88 bits per heavy atom. The van der Waals surface area contributed by atoms with Crippen molar-refractivity contribution in [1.29, 1.82) is 0 Å². The number of carbonyl (C=O) groups is 3. The first-order valence-corrected chi connectivity index (χ1v) is 7.71. The van der Waals surface area contributed by atoms with E-state index in [0.717, 1.165) is 5.69 Å². The fourth-order valence-corrected chi connectivity index (χ4v) is 2.11. The van der Waals surface area contributed by atoms with Crippen molar-refractivity contribution in [1.82, 2.24) is 5.32 Å². The summed E-state index contributed by atoms with van der Waals surface area (Å²) in [5.41, 5.74) is 2.59. The molecular weight excluding hydrogens is 320 g/mol. The van der Waals surface area contributed by atoms with Crippen molar-refractivity contribution in [2.24, 2.45) is 0 Å². The zero-order chi connectivity index (χ0) is 18.2. The first-order chi connectivity index (χ1) is 12.0. The van der Waals surface area contributed by atoms with Crippen LogP contribution in [0.2, 0.25) is 0 Å². The summed E-state index contributed by atoms with van der Waals surface area (Å²) in [5, 5.41) is 10.9. The minimum atomic E-state index is -0.210. The number of carbonyl (C=O) groups excluding carboxylic acids is 3. The number of amides is 3. The molecule has 0 fully saturated rings. The Bertz CT molecular complexity index is 755. The van der Waals surface area contributed by atoms with Crippen molar-refractivity contribution < 1.29 is 14.4 Å². The van der Waals surface area contributed by atoms with E-state index < -0.39 is 0 Å². The van der Waals surface area contributed by atoms with Gasteiger partial charge in [0.2, 0.25) is 11.8 Å². The van der Waals surface area contributed by atoms with E-state index in [0.29, 0.717) is 16.9 Å². The maximum atomic E-state index is 12.0. The summed E-state index contributed by atoms with van der Waals surface area (Å²) >= 11 is 0. The summed E-state index contributed by atoms with van der Waals surface area (Å²) in [6.45, 7) is 1.54. The fraction of sp³-hybridized carbons (Fsp3) is 0.167. The molecule has 0 spiro atoms. The maximum absolute atomic E-state index is 12.0. The average molecular weight is 340 g/mol. The maximum Gasteiger partial charge on any atom is 0.251 e. The van der Waals surface area contributed by atoms with E-state index in [9.17, 15) is 14.4 Å². The summed E-state index contributed by atoms with van der Waals surface area (Å²) in [5.74, 6) is -0.525. The van der Waals surface area contributed by atoms with E-state index in [1.54, 1.807) is 55.6 Å². The van der Waals surface area contributed by atoms with Gasteiger partial charge in [0.15, 0.2) is 0 Å². The molecule has 0 aromatic heterocycles. The zero-order valence-electron chi connectivity index (χ0n) is 14.1. The second-order valence-electron chi connectivity index (χ2n) is 5.32. The fourth-order valence-electron chi connectivity index (χ4n) is 2.11. The highest BCUT2D eigenvalue weighted by Gasteiger charge is 2.05. The van der Waals surface area contributed by atoms with Crippen molar-refractivity contribution in [2.45, 2.75) is 6.92 Å². The Kier molecular flexibility index (Phi) is 6.11. The standard InChI is InChI=1S/C18H20N4O3/c1-12(23)21-15-9-7-14(8-10-15)20-11-17(24)22-16-5-3-13(4-6-16)18(25)19-2/h3-10,20H,11H2,1-2H3,(H,19,25)(H,21,23)(H,22,24). The highest BCUT2D eigenvalue weighted by atomic mass is 16.2. The molecule has 0 saturated heterocycles. The van der Waals surface area contributed by atoms with Crippen LogP contribution in [0.25, 0.3) is 0 Å². The number of hydrogen-bond acceptors (Lipinski definition) is 4. The predicted octanol–water partition coefficient (Wildman–Crippen LogP) is 2.06. The second-order valence-corrected chi connectivity index (χ2v) is 5.32. The van der Waals surface area contributed by atoms with Gasteiger partial charge < -0.3 is 21.3 Å². The van der Waals surface area contributed by atoms with Gasteiger partial charge in [-0.25, -0.2) is 0 Å². The Hall–Kier alpha value is -3.35. The molecule has 0 heterocycles. The monoisotopic (exact) mass is 340 g/mol. The molecule has 0 unspecified atom stereocenters. The first-order valence-electron chi connectivity index (χ1n) is 7.71. The van der Waals surface area contributed by atoms with Gasteiger partial charge in [0.1, 0.15) is 0 Å². The van der Waals surface area contributed by atoms with Crippen molar-refractivity contribution in [3.8, 4) is 0 Å². The Balaban J connectivity index is 1.84. The number of anilines is 3. The molecule has 130 valence electrons. The summed E-state index contributed by atoms with van der Waals surface area (Å²) in [7, 11) is 1.56. The molecule has 0 atom stereocenters. The quantitative estimate of drug-likeness (QED) is 0.647. The van der Waals surface area contributed by atoms with Crippen molar-refractivity contribution in [3.63, 3.8) is 0 Å². The van der Waals surface area contributed by atoms with Crippen LogP contribution in [0.3, 0.4) is 0 Å². The second kappa shape index (κ2) is 8.49. The van der Waals surface area contributed by atoms with Crippen molar-refractivity contribution in [2.75, 3.05) is 29.5 Å². The Morgan fingerprint density at radius 2 is 1.32 bits per heavy atom. The minimum absolute atomic E-state index is 0.0939.